The number of carbonyl (C=O) groups is 1. The molecule has 36 heavy (non-hydrogen) atoms. The fourth-order valence-electron chi connectivity index (χ4n) is 3.06. The van der Waals surface area contributed by atoms with Crippen LogP contribution in [0.3, 0.4) is 0 Å². The molecule has 188 valence electrons. The summed E-state index contributed by atoms with van der Waals surface area (Å²) in [5, 5.41) is 10.8. The molecule has 0 unspecified atom stereocenters. The Hall–Kier alpha value is -3.75. The van der Waals surface area contributed by atoms with E-state index in [0.717, 1.165) is 28.4 Å². The number of aromatic nitrogens is 2. The normalized spacial score (nSPS) is 11.7. The maximum absolute atomic E-state index is 12.5. The number of amides is 1. The predicted octanol–water partition coefficient (Wildman–Crippen LogP) is 4.34. The summed E-state index contributed by atoms with van der Waals surface area (Å²) in [6, 6.07) is 14.7. The van der Waals surface area contributed by atoms with Crippen molar-refractivity contribution < 1.29 is 22.7 Å². The Morgan fingerprint density at radius 2 is 1.69 bits per heavy atom. The van der Waals surface area contributed by atoms with Crippen LogP contribution >= 0.6 is 11.5 Å². The van der Waals surface area contributed by atoms with E-state index in [9.17, 15) is 18.5 Å². The second-order valence-corrected chi connectivity index (χ2v) is 11.3. The number of ether oxygens (including phenoxy) is 2. The molecule has 1 aromatic heterocycles. The minimum absolute atomic E-state index is 0.00725. The van der Waals surface area contributed by atoms with E-state index in [-0.39, 0.29) is 15.9 Å². The third-order valence-electron chi connectivity index (χ3n) is 4.88. The van der Waals surface area contributed by atoms with Crippen LogP contribution in [0.1, 0.15) is 30.5 Å². The van der Waals surface area contributed by atoms with Gasteiger partial charge in [-0.25, -0.2) is 8.42 Å². The molecule has 0 aliphatic carbocycles. The van der Waals surface area contributed by atoms with E-state index in [1.54, 1.807) is 24.3 Å². The molecule has 0 radical (unpaired) electrons. The number of hydrogen-bond donors (Lipinski definition) is 1. The highest BCUT2D eigenvalue weighted by atomic mass is 32.2. The highest BCUT2D eigenvalue weighted by Gasteiger charge is 2.25. The Bertz CT molecular complexity index is 1380. The lowest BCUT2D eigenvalue weighted by atomic mass is 10.1. The molecule has 0 saturated heterocycles. The van der Waals surface area contributed by atoms with Gasteiger partial charge in [0.15, 0.2) is 0 Å². The molecule has 0 spiro atoms. The van der Waals surface area contributed by atoms with Gasteiger partial charge < -0.3 is 9.47 Å². The minimum atomic E-state index is -3.66. The predicted molar refractivity (Wildman–Crippen MR) is 138 cm³/mol. The number of aryl methyl sites for hydroxylation is 2. The highest BCUT2D eigenvalue weighted by molar-refractivity contribution is 7.91. The van der Waals surface area contributed by atoms with Crippen LogP contribution in [0.5, 0.6) is 11.5 Å². The van der Waals surface area contributed by atoms with Gasteiger partial charge in [-0.1, -0.05) is 18.2 Å². The second-order valence-electron chi connectivity index (χ2n) is 8.19. The molecule has 11 heteroatoms. The van der Waals surface area contributed by atoms with Crippen molar-refractivity contribution in [3.8, 4) is 17.6 Å². The lowest BCUT2D eigenvalue weighted by molar-refractivity contribution is -0.112. The Balaban J connectivity index is 1.56. The van der Waals surface area contributed by atoms with Crippen LogP contribution in [-0.4, -0.2) is 42.1 Å². The molecule has 0 bridgehead atoms. The van der Waals surface area contributed by atoms with Gasteiger partial charge in [0, 0.05) is 11.5 Å². The van der Waals surface area contributed by atoms with E-state index in [4.69, 9.17) is 9.47 Å². The number of hydrogen-bond acceptors (Lipinski definition) is 9. The number of nitriles is 1. The maximum atomic E-state index is 12.5. The number of rotatable bonds is 10. The topological polar surface area (TPSA) is 131 Å². The Morgan fingerprint density at radius 3 is 2.28 bits per heavy atom. The first-order chi connectivity index (χ1) is 17.1. The minimum Gasteiger partial charge on any atom is -0.490 e. The summed E-state index contributed by atoms with van der Waals surface area (Å²) in [5.41, 5.74) is 2.70. The molecule has 0 aliphatic heterocycles. The first kappa shape index (κ1) is 26.8. The average molecular weight is 527 g/mol. The third-order valence-corrected chi connectivity index (χ3v) is 7.55. The molecule has 1 amide bonds. The van der Waals surface area contributed by atoms with Gasteiger partial charge in [-0.2, -0.15) is 14.6 Å². The lowest BCUT2D eigenvalue weighted by Gasteiger charge is -2.10. The maximum Gasteiger partial charge on any atom is 0.268 e. The molecule has 2 aromatic carbocycles. The number of benzene rings is 2. The number of nitrogens with one attached hydrogen (secondary N) is 1. The number of carbonyl (C=O) groups excluding carboxylic acids is 1. The van der Waals surface area contributed by atoms with Crippen molar-refractivity contribution in [2.45, 2.75) is 38.1 Å². The fraction of sp³-hybridized carbons (Fsp3) is 0.280. The lowest BCUT2D eigenvalue weighted by Crippen LogP contribution is -2.16. The largest absolute Gasteiger partial charge is 0.490 e. The zero-order valence-electron chi connectivity index (χ0n) is 20.3. The number of nitrogens with zero attached hydrogens (tertiary/aromatic N) is 3. The average Bonchev–Trinajstić information content (AvgIpc) is 3.29. The number of sulfone groups is 1. The van der Waals surface area contributed by atoms with Crippen LogP contribution in [0, 0.1) is 25.2 Å². The molecule has 1 heterocycles. The molecular weight excluding hydrogens is 500 g/mol. The molecule has 0 atom stereocenters. The van der Waals surface area contributed by atoms with Crippen LogP contribution in [0.15, 0.2) is 53.2 Å². The molecule has 0 fully saturated rings. The molecule has 0 aliphatic rings. The molecule has 0 saturated carbocycles. The summed E-state index contributed by atoms with van der Waals surface area (Å²) in [6.45, 7) is 7.79. The summed E-state index contributed by atoms with van der Waals surface area (Å²) in [6.07, 6.45) is 1.41. The van der Waals surface area contributed by atoms with Gasteiger partial charge in [-0.05, 0) is 74.7 Å². The standard InChI is InChI=1S/C25H26N4O5S2/c1-16(2)36(31,32)25-28-24(35-29-25)27-23(30)20(15-26)14-19-5-7-21(8-6-19)33-9-10-34-22-12-17(3)11-18(4)13-22/h5-8,11-14,16H,9-10H2,1-4H3,(H,27,28,29,30). The summed E-state index contributed by atoms with van der Waals surface area (Å²) >= 11 is 0.732. The van der Waals surface area contributed by atoms with E-state index < -0.39 is 21.0 Å². The Morgan fingerprint density at radius 1 is 1.08 bits per heavy atom. The van der Waals surface area contributed by atoms with Gasteiger partial charge in [0.25, 0.3) is 11.1 Å². The van der Waals surface area contributed by atoms with Gasteiger partial charge >= 0.3 is 0 Å². The highest BCUT2D eigenvalue weighted by Crippen LogP contribution is 2.20. The molecule has 1 N–H and O–H groups in total. The summed E-state index contributed by atoms with van der Waals surface area (Å²) in [7, 11) is -3.66. The third kappa shape index (κ3) is 7.13. The van der Waals surface area contributed by atoms with E-state index in [2.05, 4.69) is 20.7 Å². The fourth-order valence-corrected chi connectivity index (χ4v) is 4.76. The van der Waals surface area contributed by atoms with Crippen LogP contribution in [0.2, 0.25) is 0 Å². The quantitative estimate of drug-likeness (QED) is 0.234. The van der Waals surface area contributed by atoms with Crippen LogP contribution in [0.25, 0.3) is 6.08 Å². The van der Waals surface area contributed by atoms with Crippen LogP contribution < -0.4 is 14.8 Å². The number of anilines is 1. The van der Waals surface area contributed by atoms with Crippen LogP contribution in [0.4, 0.5) is 5.13 Å². The zero-order valence-corrected chi connectivity index (χ0v) is 21.9. The molecule has 3 rings (SSSR count). The van der Waals surface area contributed by atoms with E-state index >= 15 is 0 Å². The first-order valence-electron chi connectivity index (χ1n) is 11.0. The van der Waals surface area contributed by atoms with Gasteiger partial charge in [0.05, 0.1) is 5.25 Å². The van der Waals surface area contributed by atoms with E-state index in [0.29, 0.717) is 24.5 Å². The molecule has 9 nitrogen and oxygen atoms in total. The Labute approximate surface area is 214 Å². The van der Waals surface area contributed by atoms with Crippen LogP contribution in [-0.2, 0) is 14.6 Å². The summed E-state index contributed by atoms with van der Waals surface area (Å²) < 4.78 is 39.5. The van der Waals surface area contributed by atoms with Gasteiger partial charge in [-0.15, -0.1) is 0 Å². The van der Waals surface area contributed by atoms with Crippen molar-refractivity contribution in [3.05, 3.63) is 64.7 Å². The summed E-state index contributed by atoms with van der Waals surface area (Å²) in [4.78, 5) is 16.4. The summed E-state index contributed by atoms with van der Waals surface area (Å²) in [5.74, 6) is 0.697. The van der Waals surface area contributed by atoms with Crippen molar-refractivity contribution in [2.24, 2.45) is 0 Å². The zero-order chi connectivity index (χ0) is 26.3. The van der Waals surface area contributed by atoms with E-state index in [1.165, 1.54) is 19.9 Å². The monoisotopic (exact) mass is 526 g/mol. The van der Waals surface area contributed by atoms with Crippen molar-refractivity contribution in [2.75, 3.05) is 18.5 Å². The van der Waals surface area contributed by atoms with Crippen molar-refractivity contribution in [1.82, 2.24) is 9.36 Å². The van der Waals surface area contributed by atoms with Gasteiger partial charge in [0.1, 0.15) is 36.4 Å². The van der Waals surface area contributed by atoms with Gasteiger partial charge in [-0.3, -0.25) is 10.1 Å². The molecule has 3 aromatic rings. The smallest absolute Gasteiger partial charge is 0.268 e. The SMILES string of the molecule is Cc1cc(C)cc(OCCOc2ccc(C=C(C#N)C(=O)Nc3nc(S(=O)(=O)C(C)C)ns3)cc2)c1. The molecular formula is C25H26N4O5S2. The Kier molecular flexibility index (Phi) is 8.79. The van der Waals surface area contributed by atoms with Gasteiger partial charge in [0.2, 0.25) is 15.0 Å². The van der Waals surface area contributed by atoms with Crippen molar-refractivity contribution in [1.29, 1.82) is 5.26 Å². The van der Waals surface area contributed by atoms with Crippen molar-refractivity contribution in [3.63, 3.8) is 0 Å². The van der Waals surface area contributed by atoms with E-state index in [1.807, 2.05) is 32.0 Å². The second kappa shape index (κ2) is 11.8. The first-order valence-corrected chi connectivity index (χ1v) is 13.3. The van der Waals surface area contributed by atoms with Crippen molar-refractivity contribution >= 4 is 38.5 Å².